The highest BCUT2D eigenvalue weighted by atomic mass is 32.1. The first kappa shape index (κ1) is 19.7. The van der Waals surface area contributed by atoms with Gasteiger partial charge in [0.2, 0.25) is 0 Å². The van der Waals surface area contributed by atoms with Gasteiger partial charge in [-0.05, 0) is 48.8 Å². The Morgan fingerprint density at radius 3 is 2.74 bits per heavy atom. The Kier molecular flexibility index (Phi) is 6.71. The molecule has 0 saturated carbocycles. The van der Waals surface area contributed by atoms with Crippen LogP contribution in [0, 0.1) is 5.82 Å². The van der Waals surface area contributed by atoms with Gasteiger partial charge in [0.15, 0.2) is 5.13 Å². The van der Waals surface area contributed by atoms with Crippen LogP contribution in [0.2, 0.25) is 0 Å². The minimum Gasteiger partial charge on any atom is -0.302 e. The zero-order valence-electron chi connectivity index (χ0n) is 15.4. The molecule has 0 bridgehead atoms. The van der Waals surface area contributed by atoms with E-state index in [4.69, 9.17) is 0 Å². The molecule has 1 amide bonds. The molecule has 4 nitrogen and oxygen atoms in total. The van der Waals surface area contributed by atoms with Gasteiger partial charge < -0.3 is 4.90 Å². The molecule has 0 aliphatic heterocycles. The van der Waals surface area contributed by atoms with E-state index < -0.39 is 0 Å². The molecule has 27 heavy (non-hydrogen) atoms. The highest BCUT2D eigenvalue weighted by Gasteiger charge is 2.19. The van der Waals surface area contributed by atoms with Crippen LogP contribution in [0.1, 0.15) is 18.7 Å². The zero-order valence-corrected chi connectivity index (χ0v) is 17.0. The van der Waals surface area contributed by atoms with Crippen molar-refractivity contribution in [2.45, 2.75) is 13.8 Å². The van der Waals surface area contributed by atoms with Crippen LogP contribution in [-0.2, 0) is 4.79 Å². The van der Waals surface area contributed by atoms with Crippen LogP contribution in [0.5, 0.6) is 0 Å². The lowest BCUT2D eigenvalue weighted by molar-refractivity contribution is -0.114. The Bertz CT molecular complexity index is 917. The Morgan fingerprint density at radius 2 is 2.04 bits per heavy atom. The van der Waals surface area contributed by atoms with Gasteiger partial charge in [-0.25, -0.2) is 9.37 Å². The van der Waals surface area contributed by atoms with Crippen LogP contribution in [0.3, 0.4) is 0 Å². The highest BCUT2D eigenvalue weighted by molar-refractivity contribution is 7.22. The third-order valence-corrected chi connectivity index (χ3v) is 6.18. The molecular formula is C20H22FN3OS2. The number of thiazole rings is 1. The maximum atomic E-state index is 13.5. The average molecular weight is 404 g/mol. The van der Waals surface area contributed by atoms with Crippen LogP contribution in [0.15, 0.2) is 41.8 Å². The second-order valence-corrected chi connectivity index (χ2v) is 7.96. The van der Waals surface area contributed by atoms with Gasteiger partial charge in [-0.1, -0.05) is 31.3 Å². The van der Waals surface area contributed by atoms with Crippen molar-refractivity contribution in [2.75, 3.05) is 31.1 Å². The Hall–Kier alpha value is -2.09. The number of carbonyl (C=O) groups excluding carboxylic acids is 1. The fourth-order valence-corrected chi connectivity index (χ4v) is 4.35. The van der Waals surface area contributed by atoms with E-state index >= 15 is 0 Å². The molecule has 0 unspecified atom stereocenters. The molecule has 0 N–H and O–H groups in total. The maximum absolute atomic E-state index is 13.5. The average Bonchev–Trinajstić information content (AvgIpc) is 3.32. The summed E-state index contributed by atoms with van der Waals surface area (Å²) >= 11 is 2.93. The van der Waals surface area contributed by atoms with E-state index in [9.17, 15) is 9.18 Å². The predicted molar refractivity (Wildman–Crippen MR) is 113 cm³/mol. The minimum atomic E-state index is -0.295. The number of hydrogen-bond acceptors (Lipinski definition) is 5. The summed E-state index contributed by atoms with van der Waals surface area (Å²) in [5.41, 5.74) is 0.708. The van der Waals surface area contributed by atoms with E-state index in [2.05, 4.69) is 23.7 Å². The van der Waals surface area contributed by atoms with Crippen molar-refractivity contribution >= 4 is 50.0 Å². The number of fused-ring (bicyclic) bond motifs is 1. The van der Waals surface area contributed by atoms with Gasteiger partial charge in [0.25, 0.3) is 5.91 Å². The lowest BCUT2D eigenvalue weighted by Crippen LogP contribution is -2.38. The molecule has 3 rings (SSSR count). The monoisotopic (exact) mass is 403 g/mol. The van der Waals surface area contributed by atoms with Crippen LogP contribution in [-0.4, -0.2) is 42.0 Å². The molecule has 7 heteroatoms. The van der Waals surface area contributed by atoms with Crippen molar-refractivity contribution < 1.29 is 9.18 Å². The van der Waals surface area contributed by atoms with Crippen molar-refractivity contribution in [3.63, 3.8) is 0 Å². The summed E-state index contributed by atoms with van der Waals surface area (Å²) < 4.78 is 14.3. The van der Waals surface area contributed by atoms with Crippen molar-refractivity contribution in [1.29, 1.82) is 0 Å². The van der Waals surface area contributed by atoms with E-state index in [1.807, 2.05) is 23.6 Å². The van der Waals surface area contributed by atoms with Crippen LogP contribution >= 0.6 is 22.7 Å². The first-order valence-electron chi connectivity index (χ1n) is 8.92. The second-order valence-electron chi connectivity index (χ2n) is 5.97. The molecule has 1 aromatic carbocycles. The van der Waals surface area contributed by atoms with Crippen LogP contribution in [0.25, 0.3) is 16.3 Å². The number of nitrogens with zero attached hydrogens (tertiary/aromatic N) is 3. The number of thiophene rings is 1. The number of benzene rings is 1. The largest absolute Gasteiger partial charge is 0.302 e. The third-order valence-electron chi connectivity index (χ3n) is 4.30. The number of anilines is 1. The molecule has 0 spiro atoms. The van der Waals surface area contributed by atoms with Gasteiger partial charge in [-0.15, -0.1) is 11.3 Å². The van der Waals surface area contributed by atoms with Gasteiger partial charge in [0.1, 0.15) is 5.82 Å². The number of aromatic nitrogens is 1. The van der Waals surface area contributed by atoms with Crippen molar-refractivity contribution in [3.05, 3.63) is 52.5 Å². The van der Waals surface area contributed by atoms with Crippen molar-refractivity contribution in [1.82, 2.24) is 9.88 Å². The normalized spacial score (nSPS) is 11.7. The fourth-order valence-electron chi connectivity index (χ4n) is 2.71. The topological polar surface area (TPSA) is 36.4 Å². The molecule has 0 fully saturated rings. The summed E-state index contributed by atoms with van der Waals surface area (Å²) in [4.78, 5) is 22.4. The van der Waals surface area contributed by atoms with E-state index in [1.54, 1.807) is 28.4 Å². The molecular weight excluding hydrogens is 381 g/mol. The van der Waals surface area contributed by atoms with Gasteiger partial charge in [-0.3, -0.25) is 9.69 Å². The van der Waals surface area contributed by atoms with E-state index in [1.165, 1.54) is 23.5 Å². The van der Waals surface area contributed by atoms with E-state index in [0.717, 1.165) is 29.2 Å². The van der Waals surface area contributed by atoms with Gasteiger partial charge in [0.05, 0.1) is 10.2 Å². The summed E-state index contributed by atoms with van der Waals surface area (Å²) in [6.07, 6.45) is 3.41. The Labute approximate surface area is 166 Å². The maximum Gasteiger partial charge on any atom is 0.252 e. The molecule has 3 aromatic rings. The fraction of sp³-hybridized carbons (Fsp3) is 0.300. The predicted octanol–water partition coefficient (Wildman–Crippen LogP) is 4.89. The first-order valence-corrected chi connectivity index (χ1v) is 10.6. The molecule has 2 heterocycles. The summed E-state index contributed by atoms with van der Waals surface area (Å²) in [5, 5.41) is 2.58. The van der Waals surface area contributed by atoms with Gasteiger partial charge in [0, 0.05) is 24.0 Å². The lowest BCUT2D eigenvalue weighted by atomic mass is 10.3. The zero-order chi connectivity index (χ0) is 19.2. The quantitative estimate of drug-likeness (QED) is 0.503. The molecule has 0 radical (unpaired) electrons. The Morgan fingerprint density at radius 1 is 1.22 bits per heavy atom. The molecule has 2 aromatic heterocycles. The van der Waals surface area contributed by atoms with Gasteiger partial charge >= 0.3 is 0 Å². The smallest absolute Gasteiger partial charge is 0.252 e. The molecule has 142 valence electrons. The van der Waals surface area contributed by atoms with E-state index in [-0.39, 0.29) is 11.7 Å². The number of rotatable bonds is 8. The van der Waals surface area contributed by atoms with Crippen LogP contribution in [0.4, 0.5) is 9.52 Å². The minimum absolute atomic E-state index is 0.116. The van der Waals surface area contributed by atoms with Gasteiger partial charge in [-0.2, -0.15) is 0 Å². The SMILES string of the molecule is CCN(CC)CCN(C(=O)C=Cc1cccs1)c1nc2ccc(F)cc2s1. The first-order chi connectivity index (χ1) is 13.1. The van der Waals surface area contributed by atoms with Crippen LogP contribution < -0.4 is 4.90 Å². The third kappa shape index (κ3) is 5.00. The number of likely N-dealkylation sites (N-methyl/N-ethyl adjacent to an activating group) is 1. The summed E-state index contributed by atoms with van der Waals surface area (Å²) in [7, 11) is 0. The summed E-state index contributed by atoms with van der Waals surface area (Å²) in [6.45, 7) is 7.36. The second kappa shape index (κ2) is 9.21. The van der Waals surface area contributed by atoms with Crippen molar-refractivity contribution in [3.8, 4) is 0 Å². The lowest BCUT2D eigenvalue weighted by Gasteiger charge is -2.23. The van der Waals surface area contributed by atoms with E-state index in [0.29, 0.717) is 17.2 Å². The highest BCUT2D eigenvalue weighted by Crippen LogP contribution is 2.29. The summed E-state index contributed by atoms with van der Waals surface area (Å²) in [5.74, 6) is -0.411. The Balaban J connectivity index is 1.86. The number of carbonyl (C=O) groups is 1. The standard InChI is InChI=1S/C20H22FN3OS2/c1-3-23(4-2)11-12-24(19(25)10-8-16-6-5-13-26-16)20-22-17-9-7-15(21)14-18(17)27-20/h5-10,13-14H,3-4,11-12H2,1-2H3. The molecule has 0 aliphatic carbocycles. The number of hydrogen-bond donors (Lipinski definition) is 0. The molecule has 0 atom stereocenters. The van der Waals surface area contributed by atoms with Crippen molar-refractivity contribution in [2.24, 2.45) is 0 Å². The molecule has 0 aliphatic rings. The molecule has 0 saturated heterocycles. The number of halogens is 1. The summed E-state index contributed by atoms with van der Waals surface area (Å²) in [6, 6.07) is 8.43. The number of amides is 1.